The van der Waals surface area contributed by atoms with Crippen LogP contribution in [0.4, 0.5) is 0 Å². The second-order valence-corrected chi connectivity index (χ2v) is 12.6. The lowest BCUT2D eigenvalue weighted by molar-refractivity contribution is -0.129. The second kappa shape index (κ2) is 9.11. The maximum atomic E-state index is 12.6. The monoisotopic (exact) mass is 492 g/mol. The van der Waals surface area contributed by atoms with Gasteiger partial charge in [-0.05, 0) is 37.3 Å². The van der Waals surface area contributed by atoms with Gasteiger partial charge in [-0.3, -0.25) is 4.79 Å². The number of hydrogen-bond donors (Lipinski definition) is 0. The summed E-state index contributed by atoms with van der Waals surface area (Å²) in [5.74, 6) is 1.63. The number of nitrogens with zero attached hydrogens (tertiary/aromatic N) is 4. The van der Waals surface area contributed by atoms with Crippen molar-refractivity contribution in [2.45, 2.75) is 36.8 Å². The Kier molecular flexibility index (Phi) is 6.22. The molecular weight excluding hydrogens is 468 g/mol. The van der Waals surface area contributed by atoms with Gasteiger partial charge in [0.15, 0.2) is 9.84 Å². The van der Waals surface area contributed by atoms with Gasteiger partial charge in [0.1, 0.15) is 0 Å². The van der Waals surface area contributed by atoms with Crippen LogP contribution in [0.15, 0.2) is 33.9 Å². The summed E-state index contributed by atoms with van der Waals surface area (Å²) in [6.45, 7) is 1.45. The fourth-order valence-corrected chi connectivity index (χ4v) is 8.00. The van der Waals surface area contributed by atoms with Gasteiger partial charge in [0.25, 0.3) is 5.22 Å². The van der Waals surface area contributed by atoms with Crippen LogP contribution >= 0.6 is 23.1 Å². The Morgan fingerprint density at radius 1 is 1.19 bits per heavy atom. The number of fused-ring (bicyclic) bond motifs is 1. The average Bonchev–Trinajstić information content (AvgIpc) is 3.50. The van der Waals surface area contributed by atoms with Gasteiger partial charge >= 0.3 is 0 Å². The molecule has 0 unspecified atom stereocenters. The molecule has 8 nitrogen and oxygen atoms in total. The highest BCUT2D eigenvalue weighted by Crippen LogP contribution is 2.34. The molecule has 2 aliphatic rings. The summed E-state index contributed by atoms with van der Waals surface area (Å²) in [7, 11) is -2.92. The van der Waals surface area contributed by atoms with Crippen LogP contribution in [0, 0.1) is 5.92 Å². The highest BCUT2D eigenvalue weighted by molar-refractivity contribution is 7.99. The fraction of sp³-hybridized carbons (Fsp3) is 0.524. The number of carbonyl (C=O) groups excluding carboxylic acids is 1. The number of rotatable bonds is 6. The Bertz CT molecular complexity index is 1180. The van der Waals surface area contributed by atoms with E-state index in [2.05, 4.69) is 16.3 Å². The Hall–Kier alpha value is -1.98. The van der Waals surface area contributed by atoms with Gasteiger partial charge in [0.05, 0.1) is 32.5 Å². The number of benzene rings is 1. The zero-order chi connectivity index (χ0) is 22.1. The van der Waals surface area contributed by atoms with Crippen molar-refractivity contribution < 1.29 is 17.6 Å². The normalized spacial score (nSPS) is 21.4. The molecule has 0 spiro atoms. The lowest BCUT2D eigenvalue weighted by atomic mass is 9.97. The van der Waals surface area contributed by atoms with Crippen molar-refractivity contribution in [3.8, 4) is 0 Å². The lowest BCUT2D eigenvalue weighted by Gasteiger charge is -2.31. The molecule has 2 aromatic heterocycles. The molecule has 0 bridgehead atoms. The highest BCUT2D eigenvalue weighted by Gasteiger charge is 2.30. The Balaban J connectivity index is 1.09. The third kappa shape index (κ3) is 4.99. The molecule has 4 heterocycles. The molecule has 0 aliphatic carbocycles. The largest absolute Gasteiger partial charge is 0.416 e. The number of thioether (sulfide) groups is 1. The molecule has 2 saturated heterocycles. The van der Waals surface area contributed by atoms with Gasteiger partial charge in [-0.25, -0.2) is 13.4 Å². The minimum absolute atomic E-state index is 0.0386. The number of aromatic nitrogens is 3. The zero-order valence-electron chi connectivity index (χ0n) is 17.5. The Labute approximate surface area is 194 Å². The number of likely N-dealkylation sites (tertiary alicyclic amines) is 1. The maximum absolute atomic E-state index is 12.6. The molecule has 170 valence electrons. The van der Waals surface area contributed by atoms with E-state index in [4.69, 9.17) is 9.40 Å². The number of thiazole rings is 1. The van der Waals surface area contributed by atoms with Crippen LogP contribution in [0.1, 0.15) is 36.1 Å². The first-order valence-corrected chi connectivity index (χ1v) is 14.4. The first-order chi connectivity index (χ1) is 15.4. The highest BCUT2D eigenvalue weighted by atomic mass is 32.2. The van der Waals surface area contributed by atoms with E-state index in [-0.39, 0.29) is 29.1 Å². The smallest absolute Gasteiger partial charge is 0.277 e. The number of sulfone groups is 1. The number of piperidine rings is 1. The molecule has 32 heavy (non-hydrogen) atoms. The SMILES string of the molecule is O=C(CSc1nnc(C[C@H]2CCS(=O)(=O)C2)o1)N1CCC(c2nc3ccccc3s2)CC1. The molecule has 1 aromatic carbocycles. The first kappa shape index (κ1) is 21.8. The average molecular weight is 493 g/mol. The van der Waals surface area contributed by atoms with E-state index in [1.165, 1.54) is 21.5 Å². The molecule has 0 N–H and O–H groups in total. The molecule has 2 aliphatic heterocycles. The predicted octanol–water partition coefficient (Wildman–Crippen LogP) is 3.15. The van der Waals surface area contributed by atoms with E-state index in [1.807, 2.05) is 23.1 Å². The Morgan fingerprint density at radius 3 is 2.75 bits per heavy atom. The second-order valence-electron chi connectivity index (χ2n) is 8.40. The van der Waals surface area contributed by atoms with E-state index in [0.29, 0.717) is 29.9 Å². The Morgan fingerprint density at radius 2 is 2.00 bits per heavy atom. The minimum Gasteiger partial charge on any atom is -0.416 e. The van der Waals surface area contributed by atoms with Crippen molar-refractivity contribution in [2.24, 2.45) is 5.92 Å². The molecule has 11 heteroatoms. The van der Waals surface area contributed by atoms with Crippen LogP contribution in [0.3, 0.4) is 0 Å². The number of para-hydroxylation sites is 1. The van der Waals surface area contributed by atoms with Crippen LogP contribution in [-0.4, -0.2) is 64.8 Å². The number of carbonyl (C=O) groups is 1. The summed E-state index contributed by atoms with van der Waals surface area (Å²) in [6, 6.07) is 8.19. The molecule has 3 aromatic rings. The van der Waals surface area contributed by atoms with Crippen LogP contribution < -0.4 is 0 Å². The van der Waals surface area contributed by atoms with Crippen LogP contribution in [-0.2, 0) is 21.1 Å². The molecule has 0 radical (unpaired) electrons. The van der Waals surface area contributed by atoms with Gasteiger partial charge < -0.3 is 9.32 Å². The third-order valence-corrected chi connectivity index (χ3v) is 9.90. The summed E-state index contributed by atoms with van der Waals surface area (Å²) < 4.78 is 30.0. The van der Waals surface area contributed by atoms with E-state index in [9.17, 15) is 13.2 Å². The van der Waals surface area contributed by atoms with Crippen molar-refractivity contribution in [1.82, 2.24) is 20.1 Å². The van der Waals surface area contributed by atoms with Crippen molar-refractivity contribution in [3.63, 3.8) is 0 Å². The van der Waals surface area contributed by atoms with Gasteiger partial charge in [0, 0.05) is 25.4 Å². The van der Waals surface area contributed by atoms with Crippen LogP contribution in [0.2, 0.25) is 0 Å². The van der Waals surface area contributed by atoms with Crippen molar-refractivity contribution in [2.75, 3.05) is 30.3 Å². The van der Waals surface area contributed by atoms with Gasteiger partial charge in [-0.1, -0.05) is 23.9 Å². The molecule has 0 saturated carbocycles. The van der Waals surface area contributed by atoms with E-state index in [1.54, 1.807) is 11.3 Å². The quantitative estimate of drug-likeness (QED) is 0.483. The number of hydrogen-bond acceptors (Lipinski definition) is 9. The molecule has 1 atom stereocenters. The molecular formula is C21H24N4O4S3. The predicted molar refractivity (Wildman–Crippen MR) is 124 cm³/mol. The van der Waals surface area contributed by atoms with Crippen molar-refractivity contribution in [3.05, 3.63) is 35.2 Å². The third-order valence-electron chi connectivity index (χ3n) is 6.06. The lowest BCUT2D eigenvalue weighted by Crippen LogP contribution is -2.38. The summed E-state index contributed by atoms with van der Waals surface area (Å²) in [5.41, 5.74) is 1.05. The molecule has 5 rings (SSSR count). The fourth-order valence-electron chi connectivity index (χ4n) is 4.31. The summed E-state index contributed by atoms with van der Waals surface area (Å²) in [6.07, 6.45) is 2.95. The van der Waals surface area contributed by atoms with Crippen molar-refractivity contribution >= 4 is 49.1 Å². The summed E-state index contributed by atoms with van der Waals surface area (Å²) in [5, 5.41) is 9.55. The topological polar surface area (TPSA) is 106 Å². The van der Waals surface area contributed by atoms with Gasteiger partial charge in [-0.15, -0.1) is 21.5 Å². The van der Waals surface area contributed by atoms with E-state index in [0.717, 1.165) is 31.4 Å². The van der Waals surface area contributed by atoms with Gasteiger partial charge in [-0.2, -0.15) is 0 Å². The van der Waals surface area contributed by atoms with E-state index >= 15 is 0 Å². The standard InChI is InChI=1S/C21H24N4O4S3/c26-19(12-30-21-24-23-18(29-21)11-14-7-10-32(27,28)13-14)25-8-5-15(6-9-25)20-22-16-3-1-2-4-17(16)31-20/h1-4,14-15H,5-13H2/t14-/m1/s1. The van der Waals surface area contributed by atoms with Crippen LogP contribution in [0.5, 0.6) is 0 Å². The van der Waals surface area contributed by atoms with Crippen molar-refractivity contribution in [1.29, 1.82) is 0 Å². The van der Waals surface area contributed by atoms with Crippen LogP contribution in [0.25, 0.3) is 10.2 Å². The molecule has 2 fully saturated rings. The first-order valence-electron chi connectivity index (χ1n) is 10.7. The summed E-state index contributed by atoms with van der Waals surface area (Å²) >= 11 is 3.00. The van der Waals surface area contributed by atoms with E-state index < -0.39 is 9.84 Å². The summed E-state index contributed by atoms with van der Waals surface area (Å²) in [4.78, 5) is 19.3. The minimum atomic E-state index is -2.92. The zero-order valence-corrected chi connectivity index (χ0v) is 19.9. The number of amides is 1. The molecule has 1 amide bonds. The van der Waals surface area contributed by atoms with Gasteiger partial charge in [0.2, 0.25) is 11.8 Å². The maximum Gasteiger partial charge on any atom is 0.277 e.